The largest absolute Gasteiger partial charge is 0.0656 e. The first-order chi connectivity index (χ1) is 7.32. The molecule has 1 rings (SSSR count). The van der Waals surface area contributed by atoms with Gasteiger partial charge >= 0.3 is 0 Å². The monoisotopic (exact) mass is 220 g/mol. The Morgan fingerprint density at radius 2 is 1.31 bits per heavy atom. The molecule has 0 atom stereocenters. The van der Waals surface area contributed by atoms with Crippen molar-refractivity contribution in [2.45, 2.75) is 66.2 Å². The Bertz CT molecular complexity index is 272. The van der Waals surface area contributed by atoms with Crippen LogP contribution in [0.2, 0.25) is 0 Å². The van der Waals surface area contributed by atoms with Gasteiger partial charge in [0.1, 0.15) is 0 Å². The second-order valence-electron chi connectivity index (χ2n) is 5.73. The van der Waals surface area contributed by atoms with E-state index in [0.717, 1.165) is 0 Å². The molecule has 0 radical (unpaired) electrons. The van der Waals surface area contributed by atoms with Crippen LogP contribution in [0.3, 0.4) is 0 Å². The van der Waals surface area contributed by atoms with Crippen molar-refractivity contribution in [1.29, 1.82) is 0 Å². The summed E-state index contributed by atoms with van der Waals surface area (Å²) in [5.74, 6) is 0.633. The highest BCUT2D eigenvalue weighted by Gasteiger charge is 2.12. The van der Waals surface area contributed by atoms with Crippen LogP contribution in [0.1, 0.15) is 71.9 Å². The summed E-state index contributed by atoms with van der Waals surface area (Å²) in [6, 6.07) is 8.97. The standard InChI is InChI=1S/C13H20.C3H8/c1-10(2)11-6-8-12(9-7-11)13(3,4)5;1-3-2/h6-10H,1-5H3;3H2,1-2H3. The minimum Gasteiger partial charge on any atom is -0.0656 e. The average Bonchev–Trinajstić information content (AvgIpc) is 2.18. The highest BCUT2D eigenvalue weighted by molar-refractivity contribution is 5.28. The lowest BCUT2D eigenvalue weighted by molar-refractivity contribution is 0.589. The van der Waals surface area contributed by atoms with Gasteiger partial charge < -0.3 is 0 Å². The first-order valence-electron chi connectivity index (χ1n) is 6.43. The zero-order chi connectivity index (χ0) is 12.8. The molecule has 0 N–H and O–H groups in total. The van der Waals surface area contributed by atoms with Gasteiger partial charge in [-0.1, -0.05) is 79.2 Å². The zero-order valence-corrected chi connectivity index (χ0v) is 12.1. The van der Waals surface area contributed by atoms with Crippen LogP contribution in [0.5, 0.6) is 0 Å². The Hall–Kier alpha value is -0.780. The van der Waals surface area contributed by atoms with Gasteiger partial charge in [-0.15, -0.1) is 0 Å². The molecule has 0 unspecified atom stereocenters. The molecule has 0 aromatic heterocycles. The van der Waals surface area contributed by atoms with Gasteiger partial charge in [-0.25, -0.2) is 0 Å². The second-order valence-corrected chi connectivity index (χ2v) is 5.73. The van der Waals surface area contributed by atoms with Crippen LogP contribution >= 0.6 is 0 Å². The highest BCUT2D eigenvalue weighted by Crippen LogP contribution is 2.24. The topological polar surface area (TPSA) is 0 Å². The molecule has 0 saturated carbocycles. The van der Waals surface area contributed by atoms with Gasteiger partial charge in [-0.2, -0.15) is 0 Å². The summed E-state index contributed by atoms with van der Waals surface area (Å²) in [4.78, 5) is 0. The molecule has 16 heavy (non-hydrogen) atoms. The van der Waals surface area contributed by atoms with Crippen LogP contribution in [0.25, 0.3) is 0 Å². The quantitative estimate of drug-likeness (QED) is 0.584. The van der Waals surface area contributed by atoms with Crippen molar-refractivity contribution in [3.05, 3.63) is 35.4 Å². The predicted octanol–water partition coefficient (Wildman–Crippen LogP) is 5.52. The maximum absolute atomic E-state index is 2.25. The van der Waals surface area contributed by atoms with E-state index in [-0.39, 0.29) is 5.41 Å². The van der Waals surface area contributed by atoms with E-state index in [4.69, 9.17) is 0 Å². The molecule has 0 amide bonds. The summed E-state index contributed by atoms with van der Waals surface area (Å²) in [6.45, 7) is 15.4. The Morgan fingerprint density at radius 1 is 0.938 bits per heavy atom. The summed E-state index contributed by atoms with van der Waals surface area (Å²) in [7, 11) is 0. The van der Waals surface area contributed by atoms with E-state index in [1.165, 1.54) is 17.5 Å². The fourth-order valence-corrected chi connectivity index (χ4v) is 1.37. The van der Waals surface area contributed by atoms with E-state index in [0.29, 0.717) is 5.92 Å². The molecule has 0 heteroatoms. The molecule has 0 nitrogen and oxygen atoms in total. The van der Waals surface area contributed by atoms with Crippen molar-refractivity contribution in [3.63, 3.8) is 0 Å². The molecule has 0 aliphatic carbocycles. The van der Waals surface area contributed by atoms with Crippen molar-refractivity contribution in [1.82, 2.24) is 0 Å². The third-order valence-corrected chi connectivity index (χ3v) is 2.44. The number of hydrogen-bond acceptors (Lipinski definition) is 0. The third-order valence-electron chi connectivity index (χ3n) is 2.44. The second kappa shape index (κ2) is 6.73. The lowest BCUT2D eigenvalue weighted by Crippen LogP contribution is -2.10. The third kappa shape index (κ3) is 5.34. The fraction of sp³-hybridized carbons (Fsp3) is 0.625. The predicted molar refractivity (Wildman–Crippen MR) is 75.2 cm³/mol. The lowest BCUT2D eigenvalue weighted by atomic mass is 9.86. The number of hydrogen-bond donors (Lipinski definition) is 0. The van der Waals surface area contributed by atoms with Crippen molar-refractivity contribution in [2.24, 2.45) is 0 Å². The average molecular weight is 220 g/mol. The van der Waals surface area contributed by atoms with E-state index in [1.54, 1.807) is 0 Å². The summed E-state index contributed by atoms with van der Waals surface area (Å²) >= 11 is 0. The normalized spacial score (nSPS) is 11.0. The Morgan fingerprint density at radius 3 is 1.56 bits per heavy atom. The van der Waals surface area contributed by atoms with E-state index < -0.39 is 0 Å². The minimum atomic E-state index is 0.273. The summed E-state index contributed by atoms with van der Waals surface area (Å²) in [5, 5.41) is 0. The molecule has 0 aliphatic rings. The Balaban J connectivity index is 0.000000673. The van der Waals surface area contributed by atoms with Crippen LogP contribution < -0.4 is 0 Å². The first-order valence-corrected chi connectivity index (χ1v) is 6.43. The number of rotatable bonds is 1. The summed E-state index contributed by atoms with van der Waals surface area (Å²) < 4.78 is 0. The van der Waals surface area contributed by atoms with Gasteiger partial charge in [0.05, 0.1) is 0 Å². The molecule has 0 spiro atoms. The SMILES string of the molecule is CC(C)c1ccc(C(C)(C)C)cc1.CCC. The lowest BCUT2D eigenvalue weighted by Gasteiger charge is -2.19. The minimum absolute atomic E-state index is 0.273. The summed E-state index contributed by atoms with van der Waals surface area (Å²) in [6.07, 6.45) is 1.25. The maximum atomic E-state index is 2.25. The van der Waals surface area contributed by atoms with Gasteiger partial charge in [0.15, 0.2) is 0 Å². The maximum Gasteiger partial charge on any atom is -0.0132 e. The van der Waals surface area contributed by atoms with Gasteiger partial charge in [0.25, 0.3) is 0 Å². The molecule has 1 aromatic carbocycles. The van der Waals surface area contributed by atoms with Gasteiger partial charge in [0.2, 0.25) is 0 Å². The molecule has 0 saturated heterocycles. The van der Waals surface area contributed by atoms with Crippen molar-refractivity contribution in [2.75, 3.05) is 0 Å². The fourth-order valence-electron chi connectivity index (χ4n) is 1.37. The van der Waals surface area contributed by atoms with Crippen LogP contribution in [0.4, 0.5) is 0 Å². The molecular formula is C16H28. The molecule has 1 aromatic rings. The smallest absolute Gasteiger partial charge is 0.0132 e. The van der Waals surface area contributed by atoms with Crippen molar-refractivity contribution < 1.29 is 0 Å². The molecule has 0 aliphatic heterocycles. The van der Waals surface area contributed by atoms with Crippen LogP contribution in [-0.4, -0.2) is 0 Å². The molecular weight excluding hydrogens is 192 g/mol. The highest BCUT2D eigenvalue weighted by atomic mass is 14.2. The van der Waals surface area contributed by atoms with Crippen molar-refractivity contribution >= 4 is 0 Å². The molecule has 0 fully saturated rings. The van der Waals surface area contributed by atoms with Crippen LogP contribution in [0.15, 0.2) is 24.3 Å². The van der Waals surface area contributed by atoms with E-state index in [1.807, 2.05) is 0 Å². The zero-order valence-electron chi connectivity index (χ0n) is 12.1. The van der Waals surface area contributed by atoms with Gasteiger partial charge in [0, 0.05) is 0 Å². The van der Waals surface area contributed by atoms with E-state index in [2.05, 4.69) is 72.7 Å². The van der Waals surface area contributed by atoms with E-state index in [9.17, 15) is 0 Å². The van der Waals surface area contributed by atoms with Gasteiger partial charge in [-0.3, -0.25) is 0 Å². The van der Waals surface area contributed by atoms with E-state index >= 15 is 0 Å². The first kappa shape index (κ1) is 15.2. The number of benzene rings is 1. The molecule has 0 bridgehead atoms. The van der Waals surface area contributed by atoms with Crippen LogP contribution in [0, 0.1) is 0 Å². The van der Waals surface area contributed by atoms with Crippen LogP contribution in [-0.2, 0) is 5.41 Å². The molecule has 92 valence electrons. The molecule has 0 heterocycles. The van der Waals surface area contributed by atoms with Gasteiger partial charge in [-0.05, 0) is 22.5 Å². The Kier molecular flexibility index (Phi) is 6.40. The Labute approximate surface area is 102 Å². The van der Waals surface area contributed by atoms with Crippen molar-refractivity contribution in [3.8, 4) is 0 Å². The summed E-state index contributed by atoms with van der Waals surface area (Å²) in [5.41, 5.74) is 3.11.